The summed E-state index contributed by atoms with van der Waals surface area (Å²) in [6.07, 6.45) is 7.51. The molecule has 0 radical (unpaired) electrons. The van der Waals surface area contributed by atoms with E-state index >= 15 is 0 Å². The lowest BCUT2D eigenvalue weighted by molar-refractivity contribution is 0.278. The summed E-state index contributed by atoms with van der Waals surface area (Å²) in [6, 6.07) is 0. The lowest BCUT2D eigenvalue weighted by atomic mass is 9.81. The molecule has 0 aromatic carbocycles. The summed E-state index contributed by atoms with van der Waals surface area (Å²) < 4.78 is 0. The van der Waals surface area contributed by atoms with Crippen molar-refractivity contribution in [1.29, 1.82) is 0 Å². The summed E-state index contributed by atoms with van der Waals surface area (Å²) in [5.74, 6) is 0.939. The normalized spacial score (nSPS) is 26.0. The van der Waals surface area contributed by atoms with Crippen molar-refractivity contribution in [2.45, 2.75) is 25.7 Å². The van der Waals surface area contributed by atoms with Gasteiger partial charge in [0.15, 0.2) is 0 Å². The average molecular weight is 194 g/mol. The van der Waals surface area contributed by atoms with E-state index in [0.717, 1.165) is 25.7 Å². The molecular weight excluding hydrogens is 180 g/mol. The number of carbonyl (C=O) groups excluding carboxylic acids is 2. The van der Waals surface area contributed by atoms with Crippen LogP contribution in [-0.4, -0.2) is 25.2 Å². The smallest absolute Gasteiger partial charge is 0.211 e. The van der Waals surface area contributed by atoms with Gasteiger partial charge in [-0.15, -0.1) is 0 Å². The van der Waals surface area contributed by atoms with Gasteiger partial charge in [-0.25, -0.2) is 19.6 Å². The van der Waals surface area contributed by atoms with E-state index in [0.29, 0.717) is 24.9 Å². The van der Waals surface area contributed by atoms with Crippen LogP contribution in [0.15, 0.2) is 9.98 Å². The van der Waals surface area contributed by atoms with Crippen LogP contribution in [0.2, 0.25) is 0 Å². The van der Waals surface area contributed by atoms with Crippen LogP contribution in [0.4, 0.5) is 0 Å². The van der Waals surface area contributed by atoms with E-state index in [2.05, 4.69) is 9.98 Å². The number of isocyanates is 2. The third-order valence-corrected chi connectivity index (χ3v) is 2.72. The van der Waals surface area contributed by atoms with Gasteiger partial charge in [0.25, 0.3) is 0 Å². The fraction of sp³-hybridized carbons (Fsp3) is 0.800. The molecule has 2 atom stereocenters. The highest BCUT2D eigenvalue weighted by atomic mass is 16.1. The molecule has 76 valence electrons. The van der Waals surface area contributed by atoms with E-state index in [-0.39, 0.29) is 0 Å². The Bertz CT molecular complexity index is 239. The second kappa shape index (κ2) is 6.25. The number of hydrogen-bond acceptors (Lipinski definition) is 4. The van der Waals surface area contributed by atoms with Gasteiger partial charge in [-0.2, -0.15) is 0 Å². The zero-order valence-electron chi connectivity index (χ0n) is 8.11. The highest BCUT2D eigenvalue weighted by molar-refractivity contribution is 5.33. The van der Waals surface area contributed by atoms with Gasteiger partial charge in [0, 0.05) is 0 Å². The highest BCUT2D eigenvalue weighted by Gasteiger charge is 2.21. The summed E-state index contributed by atoms with van der Waals surface area (Å²) in [5, 5.41) is 0. The molecule has 4 nitrogen and oxygen atoms in total. The van der Waals surface area contributed by atoms with Gasteiger partial charge in [0.1, 0.15) is 0 Å². The van der Waals surface area contributed by atoms with Gasteiger partial charge >= 0.3 is 0 Å². The van der Waals surface area contributed by atoms with E-state index in [9.17, 15) is 9.59 Å². The van der Waals surface area contributed by atoms with Crippen molar-refractivity contribution in [3.8, 4) is 0 Å². The number of nitrogens with zero attached hydrogens (tertiary/aromatic N) is 2. The Kier molecular flexibility index (Phi) is 4.84. The predicted octanol–water partition coefficient (Wildman–Crippen LogP) is 1.46. The van der Waals surface area contributed by atoms with Crippen LogP contribution in [0.25, 0.3) is 0 Å². The lowest BCUT2D eigenvalue weighted by Crippen LogP contribution is -2.19. The van der Waals surface area contributed by atoms with Crippen LogP contribution in [0.1, 0.15) is 25.7 Å². The second-order valence-corrected chi connectivity index (χ2v) is 3.76. The summed E-state index contributed by atoms with van der Waals surface area (Å²) in [7, 11) is 0. The Labute approximate surface area is 83.1 Å². The molecule has 0 heterocycles. The van der Waals surface area contributed by atoms with Crippen LogP contribution < -0.4 is 0 Å². The van der Waals surface area contributed by atoms with Gasteiger partial charge in [0.05, 0.1) is 13.1 Å². The summed E-state index contributed by atoms with van der Waals surface area (Å²) in [5.41, 5.74) is 0. The first-order valence-corrected chi connectivity index (χ1v) is 4.94. The minimum atomic E-state index is 0.469. The number of rotatable bonds is 4. The van der Waals surface area contributed by atoms with Crippen molar-refractivity contribution in [1.82, 2.24) is 0 Å². The minimum absolute atomic E-state index is 0.469. The van der Waals surface area contributed by atoms with Crippen molar-refractivity contribution in [2.75, 3.05) is 13.1 Å². The Morgan fingerprint density at radius 1 is 1.00 bits per heavy atom. The van der Waals surface area contributed by atoms with Gasteiger partial charge in [0.2, 0.25) is 12.2 Å². The second-order valence-electron chi connectivity index (χ2n) is 3.76. The molecule has 14 heavy (non-hydrogen) atoms. The molecule has 0 saturated heterocycles. The van der Waals surface area contributed by atoms with Crippen molar-refractivity contribution < 1.29 is 9.59 Å². The van der Waals surface area contributed by atoms with Crippen LogP contribution in [0.3, 0.4) is 0 Å². The molecule has 0 aliphatic heterocycles. The largest absolute Gasteiger partial charge is 0.234 e. The zero-order valence-corrected chi connectivity index (χ0v) is 8.11. The number of hydrogen-bond donors (Lipinski definition) is 0. The van der Waals surface area contributed by atoms with Gasteiger partial charge in [-0.05, 0) is 31.1 Å². The third kappa shape index (κ3) is 3.65. The Morgan fingerprint density at radius 3 is 1.93 bits per heavy atom. The molecule has 1 fully saturated rings. The Morgan fingerprint density at radius 2 is 1.50 bits per heavy atom. The molecule has 0 spiro atoms. The Hall–Kier alpha value is -1.24. The maximum Gasteiger partial charge on any atom is 0.234 e. The lowest BCUT2D eigenvalue weighted by Gasteiger charge is -2.26. The summed E-state index contributed by atoms with van der Waals surface area (Å²) in [4.78, 5) is 27.1. The first-order valence-electron chi connectivity index (χ1n) is 4.94. The third-order valence-electron chi connectivity index (χ3n) is 2.72. The van der Waals surface area contributed by atoms with Crippen LogP contribution in [0, 0.1) is 11.8 Å². The van der Waals surface area contributed by atoms with Gasteiger partial charge in [-0.1, -0.05) is 6.42 Å². The SMILES string of the molecule is O=C=NC[C@@H]1CCC[C@@H](CN=C=O)C1. The monoisotopic (exact) mass is 194 g/mol. The molecule has 0 N–H and O–H groups in total. The summed E-state index contributed by atoms with van der Waals surface area (Å²) >= 11 is 0. The quantitative estimate of drug-likeness (QED) is 0.502. The molecular formula is C10H14N2O2. The van der Waals surface area contributed by atoms with Crippen LogP contribution >= 0.6 is 0 Å². The van der Waals surface area contributed by atoms with Crippen LogP contribution in [-0.2, 0) is 9.59 Å². The van der Waals surface area contributed by atoms with E-state index < -0.39 is 0 Å². The van der Waals surface area contributed by atoms with E-state index in [1.54, 1.807) is 12.2 Å². The van der Waals surface area contributed by atoms with Crippen molar-refractivity contribution in [3.63, 3.8) is 0 Å². The molecule has 1 aliphatic rings. The Balaban J connectivity index is 2.34. The fourth-order valence-electron chi connectivity index (χ4n) is 2.07. The van der Waals surface area contributed by atoms with Gasteiger partial charge in [-0.3, -0.25) is 0 Å². The standard InChI is InChI=1S/C10H14N2O2/c13-7-11-5-9-2-1-3-10(4-9)6-12-8-14/h9-10H,1-6H2/t9-,10-/m1/s1. The first kappa shape index (κ1) is 10.8. The van der Waals surface area contributed by atoms with Crippen molar-refractivity contribution in [3.05, 3.63) is 0 Å². The maximum atomic E-state index is 9.94. The topological polar surface area (TPSA) is 58.9 Å². The zero-order chi connectivity index (χ0) is 10.2. The number of aliphatic imine (C=N–C) groups is 2. The fourth-order valence-corrected chi connectivity index (χ4v) is 2.07. The molecule has 0 bridgehead atoms. The van der Waals surface area contributed by atoms with E-state index in [4.69, 9.17) is 0 Å². The maximum absolute atomic E-state index is 9.94. The molecule has 0 aromatic rings. The molecule has 4 heteroatoms. The minimum Gasteiger partial charge on any atom is -0.211 e. The van der Waals surface area contributed by atoms with Crippen molar-refractivity contribution in [2.24, 2.45) is 21.8 Å². The predicted molar refractivity (Wildman–Crippen MR) is 51.4 cm³/mol. The molecule has 0 amide bonds. The van der Waals surface area contributed by atoms with E-state index in [1.807, 2.05) is 0 Å². The van der Waals surface area contributed by atoms with Crippen LogP contribution in [0.5, 0.6) is 0 Å². The molecule has 1 aliphatic carbocycles. The molecule has 0 unspecified atom stereocenters. The van der Waals surface area contributed by atoms with Gasteiger partial charge < -0.3 is 0 Å². The molecule has 1 rings (SSSR count). The van der Waals surface area contributed by atoms with E-state index in [1.165, 1.54) is 0 Å². The average Bonchev–Trinajstić information content (AvgIpc) is 2.24. The highest BCUT2D eigenvalue weighted by Crippen LogP contribution is 2.29. The first-order chi connectivity index (χ1) is 6.86. The van der Waals surface area contributed by atoms with Crippen molar-refractivity contribution >= 4 is 12.2 Å². The summed E-state index contributed by atoms with van der Waals surface area (Å²) in [6.45, 7) is 1.15. The molecule has 1 saturated carbocycles. The molecule has 0 aromatic heterocycles.